The lowest BCUT2D eigenvalue weighted by atomic mass is 9.80. The van der Waals surface area contributed by atoms with Crippen LogP contribution >= 0.6 is 35.0 Å². The molecular formula is C19H12BCl2F6N6OS-. The van der Waals surface area contributed by atoms with Crippen LogP contribution < -0.4 is 10.5 Å². The Balaban J connectivity index is 1.85. The Morgan fingerprint density at radius 2 is 1.67 bits per heavy atom. The molecule has 17 heteroatoms. The summed E-state index contributed by atoms with van der Waals surface area (Å²) < 4.78 is 85.2. The number of ether oxygens (including phenoxy) is 1. The number of rotatable bonds is 5. The Morgan fingerprint density at radius 1 is 1.06 bits per heavy atom. The Kier molecular flexibility index (Phi) is 6.92. The standard InChI is InChI=1S/C19H12BCl2F6N6OS/c1-35-10-4-2-9(3-5-10)20-30-17(31-33-20)13-15(36-19(26,27)28)16(29)34(32-13)14-11(21)6-8(7-12(14)22)18(23,24)25/h2-7,33H,29H2,1H3/q-1. The lowest BCUT2D eigenvalue weighted by molar-refractivity contribution is -0.137. The Labute approximate surface area is 213 Å². The lowest BCUT2D eigenvalue weighted by Gasteiger charge is -2.13. The fourth-order valence-corrected chi connectivity index (χ4v) is 4.53. The molecule has 0 fully saturated rings. The fraction of sp³-hybridized carbons (Fsp3) is 0.158. The van der Waals surface area contributed by atoms with E-state index >= 15 is 0 Å². The van der Waals surface area contributed by atoms with Crippen molar-refractivity contribution in [1.29, 1.82) is 0 Å². The van der Waals surface area contributed by atoms with Gasteiger partial charge in [0.15, 0.2) is 0 Å². The zero-order valence-electron chi connectivity index (χ0n) is 17.7. The molecule has 2 aromatic carbocycles. The maximum Gasteiger partial charge on any atom is 0.446 e. The predicted molar refractivity (Wildman–Crippen MR) is 124 cm³/mol. The molecule has 190 valence electrons. The van der Waals surface area contributed by atoms with E-state index in [0.29, 0.717) is 23.3 Å². The molecule has 0 saturated carbocycles. The minimum atomic E-state index is -4.79. The molecule has 2 heterocycles. The van der Waals surface area contributed by atoms with Gasteiger partial charge in [-0.15, -0.1) is 0 Å². The zero-order chi connectivity index (χ0) is 26.4. The van der Waals surface area contributed by atoms with E-state index in [0.717, 1.165) is 4.68 Å². The van der Waals surface area contributed by atoms with Crippen LogP contribution in [0.15, 0.2) is 41.3 Å². The smallest absolute Gasteiger partial charge is 0.446 e. The molecule has 4 rings (SSSR count). The number of hydrogen-bond donors (Lipinski definition) is 2. The molecule has 7 nitrogen and oxygen atoms in total. The quantitative estimate of drug-likeness (QED) is 0.220. The first-order chi connectivity index (χ1) is 16.8. The summed E-state index contributed by atoms with van der Waals surface area (Å²) in [7, 11) is 1.49. The fourth-order valence-electron chi connectivity index (χ4n) is 3.23. The number of aromatic amines is 1. The molecule has 0 radical (unpaired) electrons. The molecule has 0 aliphatic heterocycles. The summed E-state index contributed by atoms with van der Waals surface area (Å²) in [4.78, 5) is 3.71. The van der Waals surface area contributed by atoms with Crippen LogP contribution in [0.5, 0.6) is 5.75 Å². The van der Waals surface area contributed by atoms with Gasteiger partial charge >= 0.3 is 11.7 Å². The SMILES string of the molecule is COc1ccc(-[b-]2nc(-c3nn(-c4c(Cl)cc(C(F)(F)F)cc4Cl)c(N)c3SC(F)(F)F)n[nH]2)cc1. The number of nitrogens with one attached hydrogen (secondary N) is 1. The van der Waals surface area contributed by atoms with Crippen molar-refractivity contribution in [3.63, 3.8) is 0 Å². The first kappa shape index (κ1) is 26.2. The second-order valence-electron chi connectivity index (χ2n) is 7.18. The molecule has 2 aromatic heterocycles. The molecule has 0 saturated heterocycles. The van der Waals surface area contributed by atoms with Crippen molar-refractivity contribution in [2.24, 2.45) is 0 Å². The zero-order valence-corrected chi connectivity index (χ0v) is 20.1. The van der Waals surface area contributed by atoms with Gasteiger partial charge in [-0.3, -0.25) is 0 Å². The molecule has 3 N–H and O–H groups in total. The van der Waals surface area contributed by atoms with Crippen molar-refractivity contribution >= 4 is 47.4 Å². The second kappa shape index (κ2) is 9.52. The highest BCUT2D eigenvalue weighted by Gasteiger charge is 2.36. The van der Waals surface area contributed by atoms with E-state index in [9.17, 15) is 26.3 Å². The van der Waals surface area contributed by atoms with Gasteiger partial charge in [0.2, 0.25) is 0 Å². The van der Waals surface area contributed by atoms with Gasteiger partial charge in [0, 0.05) is 0 Å². The minimum Gasteiger partial charge on any atom is -0.497 e. The maximum absolute atomic E-state index is 13.4. The van der Waals surface area contributed by atoms with Crippen LogP contribution in [0.1, 0.15) is 5.56 Å². The van der Waals surface area contributed by atoms with Crippen LogP contribution in [0.3, 0.4) is 0 Å². The molecule has 0 aliphatic carbocycles. The number of nitrogen functional groups attached to an aromatic ring is 1. The first-order valence-corrected chi connectivity index (χ1v) is 11.2. The van der Waals surface area contributed by atoms with Crippen LogP contribution in [-0.4, -0.2) is 44.0 Å². The number of methoxy groups -OCH3 is 1. The Morgan fingerprint density at radius 3 is 2.19 bits per heavy atom. The van der Waals surface area contributed by atoms with E-state index in [1.54, 1.807) is 24.3 Å². The highest BCUT2D eigenvalue weighted by atomic mass is 35.5. The first-order valence-electron chi connectivity index (χ1n) is 9.67. The molecule has 0 unspecified atom stereocenters. The van der Waals surface area contributed by atoms with Crippen molar-refractivity contribution in [2.75, 3.05) is 12.8 Å². The molecular weight excluding hydrogens is 556 g/mol. The van der Waals surface area contributed by atoms with E-state index in [1.165, 1.54) is 7.11 Å². The van der Waals surface area contributed by atoms with Crippen LogP contribution in [0, 0.1) is 0 Å². The summed E-state index contributed by atoms with van der Waals surface area (Å²) in [6.45, 7) is -0.751. The van der Waals surface area contributed by atoms with E-state index in [-0.39, 0.29) is 17.2 Å². The van der Waals surface area contributed by atoms with Crippen LogP contribution in [0.25, 0.3) is 22.7 Å². The van der Waals surface area contributed by atoms with Crippen LogP contribution in [0.4, 0.5) is 32.2 Å². The summed E-state index contributed by atoms with van der Waals surface area (Å²) in [6.07, 6.45) is -4.76. The van der Waals surface area contributed by atoms with Gasteiger partial charge in [0.05, 0.1) is 27.6 Å². The Bertz CT molecular complexity index is 1400. The summed E-state index contributed by atoms with van der Waals surface area (Å²) in [6, 6.07) is 7.82. The van der Waals surface area contributed by atoms with Gasteiger partial charge in [0.25, 0.3) is 0 Å². The third-order valence-corrected chi connectivity index (χ3v) is 6.25. The van der Waals surface area contributed by atoms with Gasteiger partial charge in [-0.2, -0.15) is 36.9 Å². The van der Waals surface area contributed by atoms with Gasteiger partial charge < -0.3 is 20.4 Å². The largest absolute Gasteiger partial charge is 0.497 e. The maximum atomic E-state index is 13.4. The highest BCUT2D eigenvalue weighted by molar-refractivity contribution is 8.00. The molecule has 4 aromatic rings. The third-order valence-electron chi connectivity index (χ3n) is 4.84. The molecule has 0 bridgehead atoms. The molecule has 36 heavy (non-hydrogen) atoms. The molecule has 0 spiro atoms. The predicted octanol–water partition coefficient (Wildman–Crippen LogP) is 6.20. The van der Waals surface area contributed by atoms with Gasteiger partial charge in [-0.25, -0.2) is 9.78 Å². The number of hydrogen-bond acceptors (Lipinski definition) is 6. The monoisotopic (exact) mass is 567 g/mol. The van der Waals surface area contributed by atoms with Crippen molar-refractivity contribution in [3.8, 4) is 28.4 Å². The highest BCUT2D eigenvalue weighted by Crippen LogP contribution is 2.46. The van der Waals surface area contributed by atoms with Crippen LogP contribution in [-0.2, 0) is 6.18 Å². The van der Waals surface area contributed by atoms with Crippen molar-refractivity contribution in [3.05, 3.63) is 52.0 Å². The van der Waals surface area contributed by atoms with E-state index < -0.39 is 56.4 Å². The Hall–Kier alpha value is -2.91. The van der Waals surface area contributed by atoms with Crippen molar-refractivity contribution in [1.82, 2.24) is 24.8 Å². The molecule has 0 amide bonds. The summed E-state index contributed by atoms with van der Waals surface area (Å²) in [5.41, 5.74) is -0.0598. The van der Waals surface area contributed by atoms with Crippen molar-refractivity contribution < 1.29 is 31.1 Å². The van der Waals surface area contributed by atoms with Gasteiger partial charge in [-0.1, -0.05) is 35.3 Å². The summed E-state index contributed by atoms with van der Waals surface area (Å²) >= 11 is 11.5. The number of alkyl halides is 6. The van der Waals surface area contributed by atoms with Gasteiger partial charge in [0.1, 0.15) is 35.4 Å². The van der Waals surface area contributed by atoms with E-state index in [4.69, 9.17) is 33.7 Å². The normalized spacial score (nSPS) is 12.2. The van der Waals surface area contributed by atoms with E-state index in [1.807, 2.05) is 0 Å². The summed E-state index contributed by atoms with van der Waals surface area (Å²) in [5.74, 6) is -0.201. The third kappa shape index (κ3) is 5.27. The minimum absolute atomic E-state index is 0.216. The lowest BCUT2D eigenvalue weighted by Crippen LogP contribution is -2.09. The van der Waals surface area contributed by atoms with E-state index in [2.05, 4.69) is 20.1 Å². The number of halogens is 8. The number of nitrogens with two attached hydrogens (primary N) is 1. The molecule has 0 aliphatic rings. The number of benzene rings is 2. The number of nitrogens with zero attached hydrogens (tertiary/aromatic N) is 4. The van der Waals surface area contributed by atoms with Crippen LogP contribution in [0.2, 0.25) is 10.0 Å². The average Bonchev–Trinajstić information content (AvgIpc) is 3.38. The topological polar surface area (TPSA) is 94.6 Å². The van der Waals surface area contributed by atoms with Crippen molar-refractivity contribution in [2.45, 2.75) is 16.6 Å². The molecule has 0 atom stereocenters. The number of thioether (sulfide) groups is 1. The number of anilines is 1. The number of H-pyrrole nitrogens is 1. The van der Waals surface area contributed by atoms with Gasteiger partial charge in [-0.05, 0) is 36.0 Å². The summed E-state index contributed by atoms with van der Waals surface area (Å²) in [5, 5.41) is 9.66. The number of aromatic nitrogens is 5. The second-order valence-corrected chi connectivity index (χ2v) is 9.07. The average molecular weight is 568 g/mol.